The Morgan fingerprint density at radius 3 is 1.89 bits per heavy atom. The molecule has 1 unspecified atom stereocenters. The van der Waals surface area contributed by atoms with Crippen LogP contribution in [0.3, 0.4) is 0 Å². The Hall–Kier alpha value is -0.0400. The molecule has 19 heavy (non-hydrogen) atoms. The fourth-order valence-corrected chi connectivity index (χ4v) is 7.24. The maximum absolute atomic E-state index is 3.66. The van der Waals surface area contributed by atoms with Gasteiger partial charge in [-0.2, -0.15) is 0 Å². The molecule has 0 heterocycles. The lowest BCUT2D eigenvalue weighted by Crippen LogP contribution is -2.56. The lowest BCUT2D eigenvalue weighted by Gasteiger charge is -2.61. The SMILES string of the molecule is CNC(C)C1(C2C3CC4CC(C3)CC2C4)CCCC1. The Morgan fingerprint density at radius 2 is 1.42 bits per heavy atom. The van der Waals surface area contributed by atoms with Crippen molar-refractivity contribution in [2.75, 3.05) is 7.05 Å². The largest absolute Gasteiger partial charge is 0.317 e. The number of hydrogen-bond acceptors (Lipinski definition) is 1. The molecule has 1 nitrogen and oxygen atoms in total. The average molecular weight is 261 g/mol. The third-order valence-electron chi connectivity index (χ3n) is 7.72. The summed E-state index contributed by atoms with van der Waals surface area (Å²) in [5.41, 5.74) is 0.664. The molecule has 0 aliphatic heterocycles. The Bertz CT molecular complexity index is 314. The lowest BCUT2D eigenvalue weighted by molar-refractivity contribution is -0.105. The van der Waals surface area contributed by atoms with Crippen molar-refractivity contribution >= 4 is 0 Å². The second kappa shape index (κ2) is 4.48. The van der Waals surface area contributed by atoms with E-state index in [-0.39, 0.29) is 0 Å². The predicted octanol–water partition coefficient (Wildman–Crippen LogP) is 4.23. The van der Waals surface area contributed by atoms with Crippen LogP contribution in [0.15, 0.2) is 0 Å². The first-order valence-corrected chi connectivity index (χ1v) is 8.90. The van der Waals surface area contributed by atoms with Crippen LogP contribution in [0.5, 0.6) is 0 Å². The van der Waals surface area contributed by atoms with Crippen molar-refractivity contribution in [1.29, 1.82) is 0 Å². The summed E-state index contributed by atoms with van der Waals surface area (Å²) in [4.78, 5) is 0. The highest BCUT2D eigenvalue weighted by atomic mass is 14.9. The molecule has 5 rings (SSSR count). The summed E-state index contributed by atoms with van der Waals surface area (Å²) in [7, 11) is 2.20. The first-order chi connectivity index (χ1) is 9.23. The van der Waals surface area contributed by atoms with Gasteiger partial charge in [0, 0.05) is 6.04 Å². The van der Waals surface area contributed by atoms with Crippen molar-refractivity contribution in [2.45, 2.75) is 70.8 Å². The van der Waals surface area contributed by atoms with Crippen LogP contribution in [0.25, 0.3) is 0 Å². The molecule has 0 radical (unpaired) electrons. The summed E-state index contributed by atoms with van der Waals surface area (Å²) in [6.07, 6.45) is 14.0. The molecule has 1 heteroatoms. The number of rotatable bonds is 3. The predicted molar refractivity (Wildman–Crippen MR) is 80.0 cm³/mol. The Morgan fingerprint density at radius 1 is 0.895 bits per heavy atom. The Balaban J connectivity index is 1.66. The summed E-state index contributed by atoms with van der Waals surface area (Å²) in [6.45, 7) is 2.48. The molecule has 108 valence electrons. The molecule has 5 saturated carbocycles. The van der Waals surface area contributed by atoms with E-state index in [1.54, 1.807) is 32.1 Å². The smallest absolute Gasteiger partial charge is 0.00950 e. The fourth-order valence-electron chi connectivity index (χ4n) is 7.24. The molecule has 5 fully saturated rings. The van der Waals surface area contributed by atoms with E-state index >= 15 is 0 Å². The quantitative estimate of drug-likeness (QED) is 0.802. The van der Waals surface area contributed by atoms with Crippen molar-refractivity contribution in [3.63, 3.8) is 0 Å². The van der Waals surface area contributed by atoms with Crippen LogP contribution in [-0.4, -0.2) is 13.1 Å². The van der Waals surface area contributed by atoms with E-state index < -0.39 is 0 Å². The third kappa shape index (κ3) is 1.76. The highest BCUT2D eigenvalue weighted by molar-refractivity contribution is 5.08. The summed E-state index contributed by atoms with van der Waals surface area (Å²) in [5.74, 6) is 5.53. The van der Waals surface area contributed by atoms with Crippen molar-refractivity contribution in [2.24, 2.45) is 35.0 Å². The van der Waals surface area contributed by atoms with Gasteiger partial charge in [-0.15, -0.1) is 0 Å². The molecule has 0 aromatic carbocycles. The standard InChI is InChI=1S/C18H31N/c1-12(19-2)18(5-3-4-6-18)17-15-8-13-7-14(10-15)11-16(17)9-13/h12-17,19H,3-11H2,1-2H3. The minimum absolute atomic E-state index is 0.664. The first kappa shape index (κ1) is 12.7. The van der Waals surface area contributed by atoms with Gasteiger partial charge >= 0.3 is 0 Å². The van der Waals surface area contributed by atoms with Gasteiger partial charge in [0.05, 0.1) is 0 Å². The van der Waals surface area contributed by atoms with Crippen LogP contribution in [0.1, 0.15) is 64.7 Å². The molecule has 0 saturated heterocycles. The van der Waals surface area contributed by atoms with Gasteiger partial charge in [0.1, 0.15) is 0 Å². The van der Waals surface area contributed by atoms with Crippen molar-refractivity contribution in [3.8, 4) is 0 Å². The normalized spacial score (nSPS) is 48.6. The molecule has 5 aliphatic carbocycles. The molecule has 5 aliphatic rings. The zero-order valence-corrected chi connectivity index (χ0v) is 12.8. The molecule has 4 bridgehead atoms. The zero-order chi connectivity index (χ0) is 13.0. The van der Waals surface area contributed by atoms with E-state index in [4.69, 9.17) is 0 Å². The van der Waals surface area contributed by atoms with Gasteiger partial charge in [0.25, 0.3) is 0 Å². The molecule has 1 N–H and O–H groups in total. The van der Waals surface area contributed by atoms with Crippen molar-refractivity contribution < 1.29 is 0 Å². The van der Waals surface area contributed by atoms with Gasteiger partial charge in [-0.25, -0.2) is 0 Å². The summed E-state index contributed by atoms with van der Waals surface area (Å²) >= 11 is 0. The van der Waals surface area contributed by atoms with Gasteiger partial charge in [-0.3, -0.25) is 0 Å². The molecule has 0 aromatic heterocycles. The summed E-state index contributed by atoms with van der Waals surface area (Å²) in [6, 6.07) is 0.734. The van der Waals surface area contributed by atoms with Crippen LogP contribution in [-0.2, 0) is 0 Å². The number of nitrogens with one attached hydrogen (secondary N) is 1. The number of hydrogen-bond donors (Lipinski definition) is 1. The van der Waals surface area contributed by atoms with E-state index in [0.717, 1.165) is 35.6 Å². The second-order valence-electron chi connectivity index (χ2n) is 8.41. The first-order valence-electron chi connectivity index (χ1n) is 8.90. The fraction of sp³-hybridized carbons (Fsp3) is 1.00. The van der Waals surface area contributed by atoms with E-state index in [9.17, 15) is 0 Å². The van der Waals surface area contributed by atoms with Crippen molar-refractivity contribution in [1.82, 2.24) is 5.32 Å². The topological polar surface area (TPSA) is 12.0 Å². The Labute approximate surface area is 118 Å². The minimum Gasteiger partial charge on any atom is -0.317 e. The second-order valence-corrected chi connectivity index (χ2v) is 8.41. The van der Waals surface area contributed by atoms with E-state index in [1.807, 2.05) is 0 Å². The van der Waals surface area contributed by atoms with Gasteiger partial charge in [-0.1, -0.05) is 12.8 Å². The molecule has 0 amide bonds. The van der Waals surface area contributed by atoms with Gasteiger partial charge < -0.3 is 5.32 Å². The van der Waals surface area contributed by atoms with Crippen LogP contribution < -0.4 is 5.32 Å². The summed E-state index contributed by atoms with van der Waals surface area (Å²) in [5, 5.41) is 3.66. The van der Waals surface area contributed by atoms with Gasteiger partial charge in [0.2, 0.25) is 0 Å². The monoisotopic (exact) mass is 261 g/mol. The molecular formula is C18H31N. The van der Waals surface area contributed by atoms with E-state index in [0.29, 0.717) is 5.41 Å². The van der Waals surface area contributed by atoms with Crippen molar-refractivity contribution in [3.05, 3.63) is 0 Å². The molecular weight excluding hydrogens is 230 g/mol. The third-order valence-corrected chi connectivity index (χ3v) is 7.72. The highest BCUT2D eigenvalue weighted by Crippen LogP contribution is 2.64. The Kier molecular flexibility index (Phi) is 2.99. The maximum Gasteiger partial charge on any atom is 0.00950 e. The summed E-state index contributed by atoms with van der Waals surface area (Å²) < 4.78 is 0. The van der Waals surface area contributed by atoms with E-state index in [2.05, 4.69) is 19.3 Å². The minimum atomic E-state index is 0.664. The average Bonchev–Trinajstić information content (AvgIpc) is 2.87. The maximum atomic E-state index is 3.66. The molecule has 0 aromatic rings. The van der Waals surface area contributed by atoms with E-state index in [1.165, 1.54) is 25.7 Å². The van der Waals surface area contributed by atoms with Gasteiger partial charge in [0.15, 0.2) is 0 Å². The van der Waals surface area contributed by atoms with Crippen LogP contribution in [0, 0.1) is 35.0 Å². The lowest BCUT2D eigenvalue weighted by atomic mass is 9.45. The molecule has 1 atom stereocenters. The van der Waals surface area contributed by atoms with Crippen LogP contribution in [0.2, 0.25) is 0 Å². The van der Waals surface area contributed by atoms with Gasteiger partial charge in [-0.05, 0) is 93.9 Å². The zero-order valence-electron chi connectivity index (χ0n) is 12.8. The highest BCUT2D eigenvalue weighted by Gasteiger charge is 2.57. The van der Waals surface area contributed by atoms with Crippen LogP contribution >= 0.6 is 0 Å². The molecule has 0 spiro atoms. The van der Waals surface area contributed by atoms with Crippen LogP contribution in [0.4, 0.5) is 0 Å².